The average molecular weight is 305 g/mol. The van der Waals surface area contributed by atoms with E-state index in [4.69, 9.17) is 0 Å². The van der Waals surface area contributed by atoms with Gasteiger partial charge in [-0.2, -0.15) is 0 Å². The van der Waals surface area contributed by atoms with Crippen LogP contribution < -0.4 is 0 Å². The van der Waals surface area contributed by atoms with Crippen LogP contribution in [0.1, 0.15) is 0 Å². The van der Waals surface area contributed by atoms with Gasteiger partial charge in [0.05, 0.1) is 0 Å². The Morgan fingerprint density at radius 2 is 0.688 bits per heavy atom. The van der Waals surface area contributed by atoms with Crippen LogP contribution in [0.15, 0.2) is 0 Å². The summed E-state index contributed by atoms with van der Waals surface area (Å²) in [4.78, 5) is 0. The van der Waals surface area contributed by atoms with Crippen molar-refractivity contribution in [2.45, 2.75) is 70.5 Å². The van der Waals surface area contributed by atoms with Crippen LogP contribution in [-0.2, 0) is 0 Å². The monoisotopic (exact) mass is 304 g/mol. The van der Waals surface area contributed by atoms with E-state index in [0.717, 1.165) is 15.2 Å². The first-order valence-electron chi connectivity index (χ1n) is 6.40. The molecule has 0 aliphatic carbocycles. The van der Waals surface area contributed by atoms with Crippen LogP contribution in [-0.4, -0.2) is 45.3 Å². The maximum Gasteiger partial charge on any atom is 0.191 e. The molecule has 0 bridgehead atoms. The molecule has 0 heterocycles. The molecule has 0 unspecified atom stereocenters. The molecule has 0 nitrogen and oxygen atoms in total. The first-order valence-corrected chi connectivity index (χ1v) is 23.7. The molecule has 96 valence electrons. The molecule has 0 aliphatic heterocycles. The number of hydrogen-bond donors (Lipinski definition) is 0. The summed E-state index contributed by atoms with van der Waals surface area (Å²) in [6, 6.07) is 0. The van der Waals surface area contributed by atoms with Crippen molar-refractivity contribution in [2.24, 2.45) is 0 Å². The van der Waals surface area contributed by atoms with Crippen molar-refractivity contribution in [1.82, 2.24) is 0 Å². The van der Waals surface area contributed by atoms with Gasteiger partial charge in [0, 0.05) is 30.1 Å². The molecule has 16 heavy (non-hydrogen) atoms. The zero-order valence-corrected chi connectivity index (χ0v) is 18.7. The lowest BCUT2D eigenvalue weighted by Crippen LogP contribution is -2.70. The van der Waals surface area contributed by atoms with Crippen LogP contribution in [0.4, 0.5) is 0 Å². The lowest BCUT2D eigenvalue weighted by molar-refractivity contribution is 1.77. The Morgan fingerprint density at radius 3 is 0.688 bits per heavy atom. The predicted molar refractivity (Wildman–Crippen MR) is 93.3 cm³/mol. The fourth-order valence-electron chi connectivity index (χ4n) is 3.38. The SMILES string of the molecule is C[Si](C)(C)[Si]([Si](C)(C)C)[Si](C)(C)C.[CH3][Al][CH3]. The van der Waals surface area contributed by atoms with E-state index < -0.39 is 22.8 Å². The highest BCUT2D eigenvalue weighted by Crippen LogP contribution is 2.25. The third-order valence-electron chi connectivity index (χ3n) is 2.25. The van der Waals surface area contributed by atoms with Gasteiger partial charge in [-0.1, -0.05) is 58.9 Å². The second-order valence-electron chi connectivity index (χ2n) is 7.70. The van der Waals surface area contributed by atoms with E-state index in [0.29, 0.717) is 0 Å². The van der Waals surface area contributed by atoms with Gasteiger partial charge in [0.15, 0.2) is 15.2 Å². The molecule has 5 heteroatoms. The Kier molecular flexibility index (Phi) is 8.76. The van der Waals surface area contributed by atoms with E-state index >= 15 is 0 Å². The number of rotatable bonds is 3. The van der Waals surface area contributed by atoms with Crippen molar-refractivity contribution in [3.63, 3.8) is 0 Å². The van der Waals surface area contributed by atoms with Crippen molar-refractivity contribution >= 4 is 45.3 Å². The minimum absolute atomic E-state index is 0.0255. The molecule has 0 saturated heterocycles. The van der Waals surface area contributed by atoms with Crippen LogP contribution in [0.5, 0.6) is 0 Å². The maximum atomic E-state index is 2.61. The van der Waals surface area contributed by atoms with E-state index in [1.54, 1.807) is 0 Å². The third-order valence-corrected chi connectivity index (χ3v) is 60.8. The summed E-state index contributed by atoms with van der Waals surface area (Å²) in [6.45, 7) is 23.5. The van der Waals surface area contributed by atoms with Crippen molar-refractivity contribution < 1.29 is 0 Å². The highest BCUT2D eigenvalue weighted by Gasteiger charge is 2.46. The molecule has 0 aromatic carbocycles. The van der Waals surface area contributed by atoms with E-state index in [9.17, 15) is 0 Å². The Bertz CT molecular complexity index is 152. The fraction of sp³-hybridized carbons (Fsp3) is 1.00. The highest BCUT2D eigenvalue weighted by molar-refractivity contribution is 7.81. The van der Waals surface area contributed by atoms with E-state index in [1.165, 1.54) is 0 Å². The van der Waals surface area contributed by atoms with Gasteiger partial charge in [-0.3, -0.25) is 0 Å². The zero-order chi connectivity index (χ0) is 13.8. The first kappa shape index (κ1) is 19.7. The lowest BCUT2D eigenvalue weighted by atomic mass is 11.8. The smallest absolute Gasteiger partial charge is 0.115 e. The molecule has 0 spiro atoms. The van der Waals surface area contributed by atoms with Gasteiger partial charge in [-0.25, -0.2) is 0 Å². The quantitative estimate of drug-likeness (QED) is 0.673. The minimum atomic E-state index is -0.832. The maximum absolute atomic E-state index is 2.61. The van der Waals surface area contributed by atoms with Gasteiger partial charge < -0.3 is 0 Å². The summed E-state index contributed by atoms with van der Waals surface area (Å²) in [6.07, 6.45) is 0. The molecule has 0 fully saturated rings. The predicted octanol–water partition coefficient (Wildman–Crippen LogP) is 4.52. The van der Waals surface area contributed by atoms with E-state index in [2.05, 4.69) is 70.5 Å². The van der Waals surface area contributed by atoms with Gasteiger partial charge in [-0.05, 0) is 0 Å². The zero-order valence-electron chi connectivity index (χ0n) is 13.6. The second-order valence-corrected chi connectivity index (χ2v) is 45.6. The molecular weight excluding hydrogens is 271 g/mol. The molecule has 0 amide bonds. The first-order chi connectivity index (χ1) is 6.78. The molecule has 0 aromatic heterocycles. The molecule has 0 N–H and O–H groups in total. The lowest BCUT2D eigenvalue weighted by Gasteiger charge is -2.44. The second kappa shape index (κ2) is 7.10. The van der Waals surface area contributed by atoms with Crippen LogP contribution >= 0.6 is 0 Å². The summed E-state index contributed by atoms with van der Waals surface area (Å²) in [7, 11) is -2.47. The Balaban J connectivity index is 0. The summed E-state index contributed by atoms with van der Waals surface area (Å²) >= 11 is 0.750. The van der Waals surface area contributed by atoms with Crippen LogP contribution in [0, 0.1) is 0 Å². The van der Waals surface area contributed by atoms with E-state index in [1.807, 2.05) is 0 Å². The van der Waals surface area contributed by atoms with Gasteiger partial charge in [0.2, 0.25) is 0 Å². The van der Waals surface area contributed by atoms with Crippen molar-refractivity contribution in [3.8, 4) is 0 Å². The highest BCUT2D eigenvalue weighted by atomic mass is 29.9. The standard InChI is InChI=1S/C9H27Si4.2CH3.Al/c1-11(2,3)10(12(4,5)6)13(7,8)9;;;/h1-9H3;2*1H3;. The van der Waals surface area contributed by atoms with Gasteiger partial charge in [0.1, 0.15) is 0 Å². The van der Waals surface area contributed by atoms with Gasteiger partial charge in [-0.15, -0.1) is 11.6 Å². The van der Waals surface area contributed by atoms with Crippen LogP contribution in [0.2, 0.25) is 70.5 Å². The Labute approximate surface area is 115 Å². The largest absolute Gasteiger partial charge is 0.191 e. The Hall–Kier alpha value is 1.40. The molecule has 2 radical (unpaired) electrons. The topological polar surface area (TPSA) is 0 Å². The fourth-order valence-corrected chi connectivity index (χ4v) is 91.1. The van der Waals surface area contributed by atoms with Crippen molar-refractivity contribution in [3.05, 3.63) is 0 Å². The van der Waals surface area contributed by atoms with Crippen molar-refractivity contribution in [1.29, 1.82) is 0 Å². The van der Waals surface area contributed by atoms with Crippen molar-refractivity contribution in [2.75, 3.05) is 0 Å². The summed E-state index contributed by atoms with van der Waals surface area (Å²) in [5.74, 6) is 4.42. The van der Waals surface area contributed by atoms with Gasteiger partial charge >= 0.3 is 0 Å². The number of hydrogen-bond acceptors (Lipinski definition) is 0. The Morgan fingerprint density at radius 1 is 0.562 bits per heavy atom. The minimum Gasteiger partial charge on any atom is -0.115 e. The molecule has 0 atom stereocenters. The summed E-state index contributed by atoms with van der Waals surface area (Å²) in [5.41, 5.74) is 0. The normalized spacial score (nSPS) is 13.2. The third kappa shape index (κ3) is 8.48. The van der Waals surface area contributed by atoms with Crippen LogP contribution in [0.25, 0.3) is 0 Å². The van der Waals surface area contributed by atoms with E-state index in [-0.39, 0.29) is 7.35 Å². The molecule has 0 aliphatic rings. The van der Waals surface area contributed by atoms with Gasteiger partial charge in [0.25, 0.3) is 0 Å². The molecular formula is C11H33AlSi4. The summed E-state index contributed by atoms with van der Waals surface area (Å²) in [5, 5.41) is 0. The molecule has 0 rings (SSSR count). The summed E-state index contributed by atoms with van der Waals surface area (Å²) < 4.78 is 0. The van der Waals surface area contributed by atoms with Crippen LogP contribution in [0.3, 0.4) is 0 Å². The molecule has 0 saturated carbocycles. The average Bonchev–Trinajstić information content (AvgIpc) is 1.74. The molecule has 0 aromatic rings.